The summed E-state index contributed by atoms with van der Waals surface area (Å²) in [4.78, 5) is 12.6. The Hall–Kier alpha value is -3.04. The molecular weight excluding hydrogens is 465 g/mol. The van der Waals surface area contributed by atoms with Crippen molar-refractivity contribution >= 4 is 38.9 Å². The van der Waals surface area contributed by atoms with Crippen LogP contribution in [0.2, 0.25) is 5.02 Å². The van der Waals surface area contributed by atoms with Gasteiger partial charge in [-0.3, -0.25) is 9.10 Å². The topological polar surface area (TPSA) is 66.5 Å². The molecule has 0 bridgehead atoms. The summed E-state index contributed by atoms with van der Waals surface area (Å²) in [5, 5.41) is 2.79. The van der Waals surface area contributed by atoms with Crippen molar-refractivity contribution in [3.05, 3.63) is 88.9 Å². The summed E-state index contributed by atoms with van der Waals surface area (Å²) >= 11 is 5.85. The Balaban J connectivity index is 1.89. The van der Waals surface area contributed by atoms with Crippen LogP contribution in [0.1, 0.15) is 11.1 Å². The summed E-state index contributed by atoms with van der Waals surface area (Å²) in [6.45, 7) is 1.19. The van der Waals surface area contributed by atoms with Crippen molar-refractivity contribution in [2.45, 2.75) is 18.0 Å². The zero-order chi connectivity index (χ0) is 23.5. The van der Waals surface area contributed by atoms with Gasteiger partial charge in [-0.25, -0.2) is 8.42 Å². The van der Waals surface area contributed by atoms with E-state index in [2.05, 4.69) is 5.32 Å². The molecule has 0 heterocycles. The van der Waals surface area contributed by atoms with Crippen LogP contribution in [0.5, 0.6) is 0 Å². The number of nitrogens with one attached hydrogen (secondary N) is 1. The number of carbonyl (C=O) groups excluding carboxylic acids is 1. The molecule has 168 valence electrons. The second-order valence-electron chi connectivity index (χ2n) is 6.93. The van der Waals surface area contributed by atoms with E-state index in [0.717, 1.165) is 34.1 Å². The van der Waals surface area contributed by atoms with Gasteiger partial charge in [-0.1, -0.05) is 23.7 Å². The maximum atomic E-state index is 13.3. The number of halogens is 4. The number of carbonyl (C=O) groups is 1. The lowest BCUT2D eigenvalue weighted by Gasteiger charge is -2.24. The fourth-order valence-corrected chi connectivity index (χ4v) is 4.44. The number of benzene rings is 3. The van der Waals surface area contributed by atoms with Crippen molar-refractivity contribution in [2.24, 2.45) is 0 Å². The minimum absolute atomic E-state index is 0.0641. The zero-order valence-electron chi connectivity index (χ0n) is 16.7. The summed E-state index contributed by atoms with van der Waals surface area (Å²) in [5.41, 5.74) is 0.294. The Morgan fingerprint density at radius 3 is 2.19 bits per heavy atom. The molecule has 3 rings (SSSR count). The van der Waals surface area contributed by atoms with E-state index >= 15 is 0 Å². The molecule has 0 radical (unpaired) electrons. The summed E-state index contributed by atoms with van der Waals surface area (Å²) in [7, 11) is -4.14. The lowest BCUT2D eigenvalue weighted by atomic mass is 10.2. The molecule has 0 aliphatic heterocycles. The molecule has 0 aliphatic carbocycles. The van der Waals surface area contributed by atoms with Crippen molar-refractivity contribution in [2.75, 3.05) is 16.2 Å². The predicted molar refractivity (Wildman–Crippen MR) is 117 cm³/mol. The highest BCUT2D eigenvalue weighted by Crippen LogP contribution is 2.30. The van der Waals surface area contributed by atoms with Crippen LogP contribution in [0.3, 0.4) is 0 Å². The molecule has 3 aromatic rings. The molecule has 5 nitrogen and oxygen atoms in total. The summed E-state index contributed by atoms with van der Waals surface area (Å²) in [6.07, 6.45) is -4.50. The van der Waals surface area contributed by atoms with Crippen LogP contribution < -0.4 is 9.62 Å². The normalized spacial score (nSPS) is 11.8. The fourth-order valence-electron chi connectivity index (χ4n) is 2.91. The SMILES string of the molecule is Cc1cccc(N(CC(=O)Nc2ccc(C(F)(F)F)cc2)S(=O)(=O)c2ccc(Cl)cc2)c1. The number of aryl methyl sites for hydroxylation is 1. The van der Waals surface area contributed by atoms with Crippen LogP contribution in [-0.2, 0) is 21.0 Å². The van der Waals surface area contributed by atoms with Crippen LogP contribution in [0.15, 0.2) is 77.7 Å². The number of hydrogen-bond donors (Lipinski definition) is 1. The second kappa shape index (κ2) is 9.22. The summed E-state index contributed by atoms with van der Waals surface area (Å²) in [6, 6.07) is 16.0. The monoisotopic (exact) mass is 482 g/mol. The van der Waals surface area contributed by atoms with E-state index in [-0.39, 0.29) is 16.3 Å². The third-order valence-electron chi connectivity index (χ3n) is 4.47. The molecule has 0 saturated heterocycles. The van der Waals surface area contributed by atoms with Crippen molar-refractivity contribution in [1.82, 2.24) is 0 Å². The third-order valence-corrected chi connectivity index (χ3v) is 6.51. The van der Waals surface area contributed by atoms with E-state index in [0.29, 0.717) is 5.02 Å². The van der Waals surface area contributed by atoms with Gasteiger partial charge in [0, 0.05) is 10.7 Å². The van der Waals surface area contributed by atoms with Crippen LogP contribution in [0, 0.1) is 6.92 Å². The number of alkyl halides is 3. The second-order valence-corrected chi connectivity index (χ2v) is 9.23. The predicted octanol–water partition coefficient (Wildman–Crippen LogP) is 5.50. The molecule has 10 heteroatoms. The third kappa shape index (κ3) is 5.60. The van der Waals surface area contributed by atoms with Gasteiger partial charge in [-0.15, -0.1) is 0 Å². The molecule has 0 aliphatic rings. The van der Waals surface area contributed by atoms with Crippen molar-refractivity contribution in [3.63, 3.8) is 0 Å². The minimum Gasteiger partial charge on any atom is -0.325 e. The number of sulfonamides is 1. The molecule has 0 saturated carbocycles. The summed E-state index contributed by atoms with van der Waals surface area (Å²) < 4.78 is 65.7. The Bertz CT molecular complexity index is 1210. The quantitative estimate of drug-likeness (QED) is 0.504. The molecule has 0 spiro atoms. The molecule has 32 heavy (non-hydrogen) atoms. The van der Waals surface area contributed by atoms with Crippen molar-refractivity contribution in [3.8, 4) is 0 Å². The van der Waals surface area contributed by atoms with E-state index < -0.39 is 34.2 Å². The molecule has 3 aromatic carbocycles. The number of amides is 1. The van der Waals surface area contributed by atoms with Gasteiger partial charge in [-0.05, 0) is 73.2 Å². The Labute approximate surface area is 188 Å². The molecule has 0 atom stereocenters. The van der Waals surface area contributed by atoms with Gasteiger partial charge in [0.05, 0.1) is 16.1 Å². The Morgan fingerprint density at radius 2 is 1.62 bits per heavy atom. The Kier molecular flexibility index (Phi) is 6.80. The Morgan fingerprint density at radius 1 is 1.00 bits per heavy atom. The maximum absolute atomic E-state index is 13.3. The van der Waals surface area contributed by atoms with Gasteiger partial charge in [0.25, 0.3) is 10.0 Å². The van der Waals surface area contributed by atoms with E-state index in [9.17, 15) is 26.4 Å². The van der Waals surface area contributed by atoms with E-state index in [4.69, 9.17) is 11.6 Å². The highest BCUT2D eigenvalue weighted by molar-refractivity contribution is 7.92. The number of hydrogen-bond acceptors (Lipinski definition) is 3. The van der Waals surface area contributed by atoms with Crippen LogP contribution in [-0.4, -0.2) is 20.9 Å². The average Bonchev–Trinajstić information content (AvgIpc) is 2.72. The molecular formula is C22H18ClF3N2O3S. The first-order chi connectivity index (χ1) is 15.0. The first-order valence-electron chi connectivity index (χ1n) is 9.29. The first-order valence-corrected chi connectivity index (χ1v) is 11.1. The highest BCUT2D eigenvalue weighted by Gasteiger charge is 2.30. The lowest BCUT2D eigenvalue weighted by Crippen LogP contribution is -2.38. The lowest BCUT2D eigenvalue weighted by molar-refractivity contribution is -0.137. The smallest absolute Gasteiger partial charge is 0.325 e. The highest BCUT2D eigenvalue weighted by atomic mass is 35.5. The standard InChI is InChI=1S/C22H18ClF3N2O3S/c1-15-3-2-4-19(13-15)28(32(30,31)20-11-7-17(23)8-12-20)14-21(29)27-18-9-5-16(6-10-18)22(24,25)26/h2-13H,14H2,1H3,(H,27,29). The van der Waals surface area contributed by atoms with Gasteiger partial charge in [0.1, 0.15) is 6.54 Å². The van der Waals surface area contributed by atoms with Crippen molar-refractivity contribution < 1.29 is 26.4 Å². The largest absolute Gasteiger partial charge is 0.416 e. The van der Waals surface area contributed by atoms with Crippen LogP contribution in [0.25, 0.3) is 0 Å². The average molecular weight is 483 g/mol. The van der Waals surface area contributed by atoms with Gasteiger partial charge < -0.3 is 5.32 Å². The van der Waals surface area contributed by atoms with E-state index in [1.54, 1.807) is 31.2 Å². The zero-order valence-corrected chi connectivity index (χ0v) is 18.3. The van der Waals surface area contributed by atoms with E-state index in [1.807, 2.05) is 0 Å². The first kappa shape index (κ1) is 23.6. The van der Waals surface area contributed by atoms with Crippen LogP contribution >= 0.6 is 11.6 Å². The number of nitrogens with zero attached hydrogens (tertiary/aromatic N) is 1. The maximum Gasteiger partial charge on any atom is 0.416 e. The van der Waals surface area contributed by atoms with Gasteiger partial charge in [0.15, 0.2) is 0 Å². The van der Waals surface area contributed by atoms with Crippen molar-refractivity contribution in [1.29, 1.82) is 0 Å². The van der Waals surface area contributed by atoms with E-state index in [1.165, 1.54) is 24.3 Å². The molecule has 0 unspecified atom stereocenters. The number of rotatable bonds is 6. The van der Waals surface area contributed by atoms with Gasteiger partial charge >= 0.3 is 6.18 Å². The molecule has 0 fully saturated rings. The fraction of sp³-hybridized carbons (Fsp3) is 0.136. The summed E-state index contributed by atoms with van der Waals surface area (Å²) in [5.74, 6) is -0.719. The molecule has 0 aromatic heterocycles. The molecule has 1 N–H and O–H groups in total. The molecule has 1 amide bonds. The van der Waals surface area contributed by atoms with Gasteiger partial charge in [-0.2, -0.15) is 13.2 Å². The van der Waals surface area contributed by atoms with Crippen LogP contribution in [0.4, 0.5) is 24.5 Å². The minimum atomic E-state index is -4.50. The van der Waals surface area contributed by atoms with Gasteiger partial charge in [0.2, 0.25) is 5.91 Å². The number of anilines is 2.